The first-order valence-electron chi connectivity index (χ1n) is 5.89. The summed E-state index contributed by atoms with van der Waals surface area (Å²) in [6, 6.07) is 6.75. The first-order chi connectivity index (χ1) is 7.71. The standard InChI is InChI=1S/C13H21FN2/c1-3-16(4-2)10-12(9-15)11-6-5-7-13(14)8-11/h5-8,12H,3-4,9-10,15H2,1-2H3. The van der Waals surface area contributed by atoms with Crippen molar-refractivity contribution >= 4 is 0 Å². The minimum Gasteiger partial charge on any atom is -0.330 e. The van der Waals surface area contributed by atoms with Gasteiger partial charge in [-0.15, -0.1) is 0 Å². The number of likely N-dealkylation sites (N-methyl/N-ethyl adjacent to an activating group) is 1. The summed E-state index contributed by atoms with van der Waals surface area (Å²) >= 11 is 0. The van der Waals surface area contributed by atoms with Crippen molar-refractivity contribution in [2.45, 2.75) is 19.8 Å². The number of rotatable bonds is 6. The highest BCUT2D eigenvalue weighted by Crippen LogP contribution is 2.17. The Morgan fingerprint density at radius 2 is 2.00 bits per heavy atom. The van der Waals surface area contributed by atoms with Gasteiger partial charge in [0.1, 0.15) is 5.82 Å². The second kappa shape index (κ2) is 6.61. The van der Waals surface area contributed by atoms with E-state index in [1.165, 1.54) is 6.07 Å². The van der Waals surface area contributed by atoms with Crippen LogP contribution in [0.1, 0.15) is 25.3 Å². The summed E-state index contributed by atoms with van der Waals surface area (Å²) in [6.07, 6.45) is 0. The van der Waals surface area contributed by atoms with Crippen LogP contribution in [0.3, 0.4) is 0 Å². The van der Waals surface area contributed by atoms with E-state index < -0.39 is 0 Å². The number of benzene rings is 1. The van der Waals surface area contributed by atoms with Crippen LogP contribution in [-0.2, 0) is 0 Å². The molecule has 1 aromatic carbocycles. The molecule has 1 atom stereocenters. The lowest BCUT2D eigenvalue weighted by atomic mass is 9.98. The number of halogens is 1. The lowest BCUT2D eigenvalue weighted by Crippen LogP contribution is -2.31. The molecule has 0 aliphatic heterocycles. The molecule has 2 N–H and O–H groups in total. The normalized spacial score (nSPS) is 13.1. The van der Waals surface area contributed by atoms with Gasteiger partial charge in [0, 0.05) is 19.0 Å². The molecule has 2 nitrogen and oxygen atoms in total. The van der Waals surface area contributed by atoms with E-state index >= 15 is 0 Å². The number of hydrogen-bond donors (Lipinski definition) is 1. The van der Waals surface area contributed by atoms with Gasteiger partial charge >= 0.3 is 0 Å². The molecule has 3 heteroatoms. The maximum atomic E-state index is 13.1. The third-order valence-corrected chi connectivity index (χ3v) is 2.98. The van der Waals surface area contributed by atoms with Crippen LogP contribution in [-0.4, -0.2) is 31.1 Å². The first kappa shape index (κ1) is 13.1. The van der Waals surface area contributed by atoms with Crippen LogP contribution in [0.25, 0.3) is 0 Å². The van der Waals surface area contributed by atoms with Gasteiger partial charge in [-0.3, -0.25) is 0 Å². The predicted octanol–water partition coefficient (Wildman–Crippen LogP) is 2.21. The minimum absolute atomic E-state index is 0.185. The summed E-state index contributed by atoms with van der Waals surface area (Å²) in [7, 11) is 0. The van der Waals surface area contributed by atoms with E-state index in [9.17, 15) is 4.39 Å². The van der Waals surface area contributed by atoms with Gasteiger partial charge in [-0.2, -0.15) is 0 Å². The Morgan fingerprint density at radius 3 is 2.50 bits per heavy atom. The lowest BCUT2D eigenvalue weighted by Gasteiger charge is -2.24. The number of nitrogens with zero attached hydrogens (tertiary/aromatic N) is 1. The van der Waals surface area contributed by atoms with Gasteiger partial charge < -0.3 is 10.6 Å². The monoisotopic (exact) mass is 224 g/mol. The lowest BCUT2D eigenvalue weighted by molar-refractivity contribution is 0.284. The zero-order valence-corrected chi connectivity index (χ0v) is 10.1. The van der Waals surface area contributed by atoms with Crippen molar-refractivity contribution in [1.29, 1.82) is 0 Å². The average Bonchev–Trinajstić information content (AvgIpc) is 2.31. The van der Waals surface area contributed by atoms with Crippen molar-refractivity contribution in [3.63, 3.8) is 0 Å². The van der Waals surface area contributed by atoms with Crippen LogP contribution in [0.5, 0.6) is 0 Å². The van der Waals surface area contributed by atoms with Crippen LogP contribution >= 0.6 is 0 Å². The second-order valence-corrected chi connectivity index (χ2v) is 3.97. The molecule has 0 aromatic heterocycles. The molecule has 16 heavy (non-hydrogen) atoms. The average molecular weight is 224 g/mol. The molecule has 0 heterocycles. The van der Waals surface area contributed by atoms with Crippen molar-refractivity contribution in [3.8, 4) is 0 Å². The highest BCUT2D eigenvalue weighted by molar-refractivity contribution is 5.21. The molecule has 1 unspecified atom stereocenters. The van der Waals surface area contributed by atoms with Gasteiger partial charge in [-0.25, -0.2) is 4.39 Å². The van der Waals surface area contributed by atoms with E-state index in [1.807, 2.05) is 6.07 Å². The summed E-state index contributed by atoms with van der Waals surface area (Å²) in [5.74, 6) is 0.0334. The second-order valence-electron chi connectivity index (χ2n) is 3.97. The van der Waals surface area contributed by atoms with Gasteiger partial charge in [0.25, 0.3) is 0 Å². The predicted molar refractivity (Wildman–Crippen MR) is 66.0 cm³/mol. The highest BCUT2D eigenvalue weighted by atomic mass is 19.1. The van der Waals surface area contributed by atoms with E-state index in [1.54, 1.807) is 12.1 Å². The van der Waals surface area contributed by atoms with Crippen LogP contribution in [0.2, 0.25) is 0 Å². The molecular formula is C13H21FN2. The fourth-order valence-corrected chi connectivity index (χ4v) is 1.87. The van der Waals surface area contributed by atoms with Crippen molar-refractivity contribution < 1.29 is 4.39 Å². The van der Waals surface area contributed by atoms with Crippen LogP contribution in [0.4, 0.5) is 4.39 Å². The fourth-order valence-electron chi connectivity index (χ4n) is 1.87. The summed E-state index contributed by atoms with van der Waals surface area (Å²) in [5, 5.41) is 0. The molecule has 0 aliphatic carbocycles. The zero-order valence-electron chi connectivity index (χ0n) is 10.1. The molecule has 0 saturated carbocycles. The Labute approximate surface area is 97.3 Å². The van der Waals surface area contributed by atoms with Crippen LogP contribution in [0, 0.1) is 5.82 Å². The molecule has 0 spiro atoms. The van der Waals surface area contributed by atoms with Crippen LogP contribution < -0.4 is 5.73 Å². The molecule has 1 rings (SSSR count). The SMILES string of the molecule is CCN(CC)CC(CN)c1cccc(F)c1. The minimum atomic E-state index is -0.185. The number of hydrogen-bond acceptors (Lipinski definition) is 2. The van der Waals surface area contributed by atoms with E-state index in [4.69, 9.17) is 5.73 Å². The summed E-state index contributed by atoms with van der Waals surface area (Å²) in [5.41, 5.74) is 6.76. The molecule has 0 saturated heterocycles. The zero-order chi connectivity index (χ0) is 12.0. The summed E-state index contributed by atoms with van der Waals surface area (Å²) in [4.78, 5) is 2.31. The summed E-state index contributed by atoms with van der Waals surface area (Å²) in [6.45, 7) is 7.71. The largest absolute Gasteiger partial charge is 0.330 e. The maximum absolute atomic E-state index is 13.1. The maximum Gasteiger partial charge on any atom is 0.123 e. The van der Waals surface area contributed by atoms with E-state index in [0.29, 0.717) is 6.54 Å². The van der Waals surface area contributed by atoms with Crippen LogP contribution in [0.15, 0.2) is 24.3 Å². The third kappa shape index (κ3) is 3.58. The van der Waals surface area contributed by atoms with Gasteiger partial charge in [-0.05, 0) is 30.8 Å². The fraction of sp³-hybridized carbons (Fsp3) is 0.538. The first-order valence-corrected chi connectivity index (χ1v) is 5.89. The Balaban J connectivity index is 2.74. The topological polar surface area (TPSA) is 29.3 Å². The molecule has 1 aromatic rings. The van der Waals surface area contributed by atoms with E-state index in [-0.39, 0.29) is 11.7 Å². The third-order valence-electron chi connectivity index (χ3n) is 2.98. The van der Waals surface area contributed by atoms with Crippen molar-refractivity contribution in [2.75, 3.05) is 26.2 Å². The van der Waals surface area contributed by atoms with Gasteiger partial charge in [0.05, 0.1) is 0 Å². The molecular weight excluding hydrogens is 203 g/mol. The van der Waals surface area contributed by atoms with Crippen molar-refractivity contribution in [1.82, 2.24) is 4.90 Å². The van der Waals surface area contributed by atoms with Gasteiger partial charge in [0.2, 0.25) is 0 Å². The Hall–Kier alpha value is -0.930. The molecule has 0 amide bonds. The highest BCUT2D eigenvalue weighted by Gasteiger charge is 2.13. The van der Waals surface area contributed by atoms with E-state index in [0.717, 1.165) is 25.2 Å². The summed E-state index contributed by atoms with van der Waals surface area (Å²) < 4.78 is 13.1. The number of nitrogens with two attached hydrogens (primary N) is 1. The van der Waals surface area contributed by atoms with E-state index in [2.05, 4.69) is 18.7 Å². The van der Waals surface area contributed by atoms with Crippen molar-refractivity contribution in [2.24, 2.45) is 5.73 Å². The molecule has 90 valence electrons. The molecule has 0 aliphatic rings. The van der Waals surface area contributed by atoms with Gasteiger partial charge in [-0.1, -0.05) is 26.0 Å². The molecule has 0 bridgehead atoms. The molecule has 0 radical (unpaired) electrons. The Kier molecular flexibility index (Phi) is 5.43. The Morgan fingerprint density at radius 1 is 1.31 bits per heavy atom. The quantitative estimate of drug-likeness (QED) is 0.802. The smallest absolute Gasteiger partial charge is 0.123 e. The molecule has 0 fully saturated rings. The van der Waals surface area contributed by atoms with Gasteiger partial charge in [0.15, 0.2) is 0 Å². The Bertz CT molecular complexity index is 311. The van der Waals surface area contributed by atoms with Crippen molar-refractivity contribution in [3.05, 3.63) is 35.6 Å².